The van der Waals surface area contributed by atoms with Gasteiger partial charge in [0.05, 0.1) is 4.47 Å². The number of halogens is 3. The number of benzene rings is 1. The van der Waals surface area contributed by atoms with Crippen LogP contribution in [0.5, 0.6) is 0 Å². The van der Waals surface area contributed by atoms with E-state index in [4.69, 9.17) is 11.6 Å². The van der Waals surface area contributed by atoms with Gasteiger partial charge in [0.25, 0.3) is 0 Å². The average molecular weight is 359 g/mol. The maximum atomic E-state index is 13.4. The highest BCUT2D eigenvalue weighted by Crippen LogP contribution is 2.32. The van der Waals surface area contributed by atoms with Crippen molar-refractivity contribution in [1.29, 1.82) is 0 Å². The minimum Gasteiger partial charge on any atom is -0.340 e. The molecule has 1 heterocycles. The van der Waals surface area contributed by atoms with Crippen molar-refractivity contribution < 1.29 is 4.39 Å². The van der Waals surface area contributed by atoms with Crippen LogP contribution in [0.2, 0.25) is 5.15 Å². The van der Waals surface area contributed by atoms with Gasteiger partial charge in [0, 0.05) is 11.3 Å². The number of rotatable bonds is 3. The molecule has 0 spiro atoms. The number of anilines is 2. The summed E-state index contributed by atoms with van der Waals surface area (Å²) in [6.07, 6.45) is 1.41. The molecule has 0 bridgehead atoms. The van der Waals surface area contributed by atoms with Gasteiger partial charge in [0.2, 0.25) is 0 Å². The molecule has 3 nitrogen and oxygen atoms in total. The number of hydrogen-bond donors (Lipinski definition) is 1. The summed E-state index contributed by atoms with van der Waals surface area (Å²) < 4.78 is 13.8. The van der Waals surface area contributed by atoms with E-state index < -0.39 is 0 Å². The smallest absolute Gasteiger partial charge is 0.138 e. The van der Waals surface area contributed by atoms with Crippen molar-refractivity contribution in [3.8, 4) is 0 Å². The minimum absolute atomic E-state index is 0.176. The summed E-state index contributed by atoms with van der Waals surface area (Å²) in [5, 5.41) is 3.63. The van der Waals surface area contributed by atoms with E-state index in [9.17, 15) is 4.39 Å². The van der Waals surface area contributed by atoms with E-state index >= 15 is 0 Å². The molecule has 1 aromatic heterocycles. The van der Waals surface area contributed by atoms with E-state index in [-0.39, 0.29) is 11.7 Å². The number of aromatic nitrogens is 2. The monoisotopic (exact) mass is 357 g/mol. The van der Waals surface area contributed by atoms with Crippen molar-refractivity contribution in [3.63, 3.8) is 0 Å². The Kier molecular flexibility index (Phi) is 4.60. The molecule has 0 aliphatic rings. The van der Waals surface area contributed by atoms with Crippen LogP contribution >= 0.6 is 27.5 Å². The summed E-state index contributed by atoms with van der Waals surface area (Å²) in [5.74, 6) is 0.523. The van der Waals surface area contributed by atoms with E-state index in [1.807, 2.05) is 20.8 Å². The lowest BCUT2D eigenvalue weighted by Gasteiger charge is -2.16. The summed E-state index contributed by atoms with van der Waals surface area (Å²) in [4.78, 5) is 8.24. The van der Waals surface area contributed by atoms with Gasteiger partial charge in [-0.1, -0.05) is 25.4 Å². The molecule has 0 radical (unpaired) electrons. The van der Waals surface area contributed by atoms with Gasteiger partial charge in [-0.2, -0.15) is 0 Å². The molecule has 0 saturated carbocycles. The van der Waals surface area contributed by atoms with E-state index in [2.05, 4.69) is 31.2 Å². The van der Waals surface area contributed by atoms with Crippen molar-refractivity contribution in [2.24, 2.45) is 0 Å². The summed E-state index contributed by atoms with van der Waals surface area (Å²) in [6, 6.07) is 3.15. The highest BCUT2D eigenvalue weighted by molar-refractivity contribution is 9.10. The first kappa shape index (κ1) is 15.2. The van der Waals surface area contributed by atoms with E-state index in [1.165, 1.54) is 12.4 Å². The summed E-state index contributed by atoms with van der Waals surface area (Å²) >= 11 is 9.31. The molecule has 2 aromatic rings. The van der Waals surface area contributed by atoms with Gasteiger partial charge in [-0.25, -0.2) is 14.4 Å². The van der Waals surface area contributed by atoms with Gasteiger partial charge >= 0.3 is 0 Å². The first-order chi connectivity index (χ1) is 9.40. The fourth-order valence-corrected chi connectivity index (χ4v) is 2.59. The van der Waals surface area contributed by atoms with Crippen molar-refractivity contribution in [2.75, 3.05) is 5.32 Å². The van der Waals surface area contributed by atoms with Crippen LogP contribution in [0.15, 0.2) is 22.9 Å². The van der Waals surface area contributed by atoms with Crippen LogP contribution in [0.3, 0.4) is 0 Å². The molecule has 1 N–H and O–H groups in total. The van der Waals surface area contributed by atoms with E-state index in [0.29, 0.717) is 15.4 Å². The normalized spacial score (nSPS) is 10.9. The standard InChI is InChI=1S/C14H14BrClFN3/c1-7(2)12-13(16)18-6-19-14(12)20-11-5-9(15)10(17)4-8(11)3/h4-7H,1-3H3,(H,18,19,20). The first-order valence-corrected chi connectivity index (χ1v) is 7.30. The number of hydrogen-bond acceptors (Lipinski definition) is 3. The maximum Gasteiger partial charge on any atom is 0.138 e. The second kappa shape index (κ2) is 6.06. The van der Waals surface area contributed by atoms with Gasteiger partial charge < -0.3 is 5.32 Å². The zero-order valence-electron chi connectivity index (χ0n) is 11.3. The molecular weight excluding hydrogens is 345 g/mol. The van der Waals surface area contributed by atoms with Crippen LogP contribution in [-0.4, -0.2) is 9.97 Å². The van der Waals surface area contributed by atoms with Crippen molar-refractivity contribution >= 4 is 39.0 Å². The van der Waals surface area contributed by atoms with Gasteiger partial charge in [0.1, 0.15) is 23.1 Å². The lowest BCUT2D eigenvalue weighted by atomic mass is 10.1. The second-order valence-electron chi connectivity index (χ2n) is 4.79. The molecule has 0 unspecified atom stereocenters. The zero-order chi connectivity index (χ0) is 14.9. The van der Waals surface area contributed by atoms with Gasteiger partial charge in [-0.15, -0.1) is 0 Å². The van der Waals surface area contributed by atoms with E-state index in [0.717, 1.165) is 16.8 Å². The Morgan fingerprint density at radius 1 is 1.30 bits per heavy atom. The van der Waals surface area contributed by atoms with Crippen LogP contribution < -0.4 is 5.32 Å². The zero-order valence-corrected chi connectivity index (χ0v) is 13.7. The third-order valence-corrected chi connectivity index (χ3v) is 3.84. The van der Waals surface area contributed by atoms with Crippen LogP contribution in [0.25, 0.3) is 0 Å². The predicted molar refractivity (Wildman–Crippen MR) is 83.3 cm³/mol. The SMILES string of the molecule is Cc1cc(F)c(Br)cc1Nc1ncnc(Cl)c1C(C)C. The quantitative estimate of drug-likeness (QED) is 0.766. The Morgan fingerprint density at radius 3 is 2.65 bits per heavy atom. The summed E-state index contributed by atoms with van der Waals surface area (Å²) in [7, 11) is 0. The molecule has 0 fully saturated rings. The fourth-order valence-electron chi connectivity index (χ4n) is 1.89. The van der Waals surface area contributed by atoms with Crippen LogP contribution in [0, 0.1) is 12.7 Å². The molecule has 106 valence electrons. The Balaban J connectivity index is 2.45. The maximum absolute atomic E-state index is 13.4. The van der Waals surface area contributed by atoms with Crippen LogP contribution in [0.4, 0.5) is 15.9 Å². The lowest BCUT2D eigenvalue weighted by Crippen LogP contribution is -2.04. The van der Waals surface area contributed by atoms with E-state index in [1.54, 1.807) is 6.07 Å². The van der Waals surface area contributed by atoms with Gasteiger partial charge in [0.15, 0.2) is 0 Å². The minimum atomic E-state index is -0.294. The van der Waals surface area contributed by atoms with Gasteiger partial charge in [-0.05, 0) is 46.5 Å². The molecule has 0 aliphatic heterocycles. The molecule has 6 heteroatoms. The molecule has 0 saturated heterocycles. The van der Waals surface area contributed by atoms with Gasteiger partial charge in [-0.3, -0.25) is 0 Å². The summed E-state index contributed by atoms with van der Waals surface area (Å²) in [6.45, 7) is 5.86. The average Bonchev–Trinajstić information content (AvgIpc) is 2.35. The Bertz CT molecular complexity index is 647. The van der Waals surface area contributed by atoms with Crippen molar-refractivity contribution in [2.45, 2.75) is 26.7 Å². The number of nitrogens with one attached hydrogen (secondary N) is 1. The Labute approximate surface area is 130 Å². The third kappa shape index (κ3) is 3.10. The Morgan fingerprint density at radius 2 is 2.00 bits per heavy atom. The van der Waals surface area contributed by atoms with Crippen molar-refractivity contribution in [3.05, 3.63) is 45.0 Å². The fraction of sp³-hybridized carbons (Fsp3) is 0.286. The predicted octanol–water partition coefficient (Wildman–Crippen LogP) is 5.21. The highest BCUT2D eigenvalue weighted by Gasteiger charge is 2.15. The van der Waals surface area contributed by atoms with Crippen LogP contribution in [0.1, 0.15) is 30.9 Å². The van der Waals surface area contributed by atoms with Crippen molar-refractivity contribution in [1.82, 2.24) is 9.97 Å². The molecule has 0 aliphatic carbocycles. The number of nitrogens with zero attached hydrogens (tertiary/aromatic N) is 2. The molecule has 0 amide bonds. The summed E-state index contributed by atoms with van der Waals surface area (Å²) in [5.41, 5.74) is 2.40. The molecule has 1 aromatic carbocycles. The molecular formula is C14H14BrClFN3. The molecule has 20 heavy (non-hydrogen) atoms. The molecule has 2 rings (SSSR count). The largest absolute Gasteiger partial charge is 0.340 e. The Hall–Kier alpha value is -1.20. The first-order valence-electron chi connectivity index (χ1n) is 6.13. The molecule has 0 atom stereocenters. The highest BCUT2D eigenvalue weighted by atomic mass is 79.9. The third-order valence-electron chi connectivity index (χ3n) is 2.93. The van der Waals surface area contributed by atoms with Crippen LogP contribution in [-0.2, 0) is 0 Å². The topological polar surface area (TPSA) is 37.8 Å². The lowest BCUT2D eigenvalue weighted by molar-refractivity contribution is 0.620. The second-order valence-corrected chi connectivity index (χ2v) is 6.00. The number of aryl methyl sites for hydroxylation is 1.